The molecule has 1 atom stereocenters. The highest BCUT2D eigenvalue weighted by molar-refractivity contribution is 5.95. The van der Waals surface area contributed by atoms with E-state index in [1.807, 2.05) is 36.1 Å². The van der Waals surface area contributed by atoms with E-state index in [2.05, 4.69) is 29.4 Å². The number of aryl methyl sites for hydroxylation is 2. The first-order chi connectivity index (χ1) is 13.4. The fourth-order valence-corrected chi connectivity index (χ4v) is 3.92. The Morgan fingerprint density at radius 2 is 1.89 bits per heavy atom. The van der Waals surface area contributed by atoms with Crippen LogP contribution in [0.5, 0.6) is 0 Å². The Morgan fingerprint density at radius 3 is 2.57 bits per heavy atom. The second kappa shape index (κ2) is 9.00. The van der Waals surface area contributed by atoms with Crippen molar-refractivity contribution < 1.29 is 9.59 Å². The Hall–Kier alpha value is -2.69. The molecule has 0 bridgehead atoms. The Bertz CT molecular complexity index is 825. The van der Waals surface area contributed by atoms with Crippen molar-refractivity contribution in [3.8, 4) is 11.3 Å². The third-order valence-electron chi connectivity index (χ3n) is 5.26. The van der Waals surface area contributed by atoms with E-state index < -0.39 is 0 Å². The number of amides is 2. The number of pyridine rings is 1. The smallest absolute Gasteiger partial charge is 0.254 e. The molecule has 1 unspecified atom stereocenters. The van der Waals surface area contributed by atoms with Crippen LogP contribution >= 0.6 is 0 Å². The third-order valence-corrected chi connectivity index (χ3v) is 5.26. The zero-order valence-corrected chi connectivity index (χ0v) is 17.0. The van der Waals surface area contributed by atoms with Gasteiger partial charge in [0.25, 0.3) is 5.91 Å². The van der Waals surface area contributed by atoms with Gasteiger partial charge in [-0.1, -0.05) is 12.1 Å². The number of carbonyl (C=O) groups is 2. The van der Waals surface area contributed by atoms with Gasteiger partial charge in [0, 0.05) is 42.9 Å². The van der Waals surface area contributed by atoms with Crippen LogP contribution in [0.4, 0.5) is 0 Å². The summed E-state index contributed by atoms with van der Waals surface area (Å²) in [5.41, 5.74) is 4.83. The molecule has 0 saturated carbocycles. The van der Waals surface area contributed by atoms with Crippen LogP contribution < -0.4 is 5.32 Å². The first kappa shape index (κ1) is 20.1. The minimum absolute atomic E-state index is 0.0238. The van der Waals surface area contributed by atoms with E-state index in [-0.39, 0.29) is 17.9 Å². The number of nitrogens with one attached hydrogen (secondary N) is 1. The van der Waals surface area contributed by atoms with Gasteiger partial charge in [-0.25, -0.2) is 0 Å². The normalized spacial score (nSPS) is 16.7. The van der Waals surface area contributed by atoms with Crippen LogP contribution in [0.25, 0.3) is 11.3 Å². The van der Waals surface area contributed by atoms with E-state index >= 15 is 0 Å². The molecule has 2 aromatic rings. The summed E-state index contributed by atoms with van der Waals surface area (Å²) in [5, 5.41) is 2.84. The van der Waals surface area contributed by atoms with Crippen molar-refractivity contribution in [2.75, 3.05) is 13.1 Å². The maximum absolute atomic E-state index is 13.1. The summed E-state index contributed by atoms with van der Waals surface area (Å²) in [7, 11) is 0. The summed E-state index contributed by atoms with van der Waals surface area (Å²) in [4.78, 5) is 30.8. The van der Waals surface area contributed by atoms with Gasteiger partial charge in [-0.15, -0.1) is 0 Å². The molecule has 2 amide bonds. The number of piperidine rings is 1. The molecule has 1 saturated heterocycles. The van der Waals surface area contributed by atoms with Gasteiger partial charge >= 0.3 is 0 Å². The van der Waals surface area contributed by atoms with Gasteiger partial charge in [-0.2, -0.15) is 0 Å². The van der Waals surface area contributed by atoms with Crippen LogP contribution in [0.3, 0.4) is 0 Å². The monoisotopic (exact) mass is 379 g/mol. The highest BCUT2D eigenvalue weighted by Crippen LogP contribution is 2.24. The van der Waals surface area contributed by atoms with Gasteiger partial charge < -0.3 is 10.2 Å². The van der Waals surface area contributed by atoms with Crippen LogP contribution in [0.1, 0.15) is 54.2 Å². The van der Waals surface area contributed by atoms with Crippen molar-refractivity contribution in [3.05, 3.63) is 53.2 Å². The fourth-order valence-electron chi connectivity index (χ4n) is 3.92. The number of likely N-dealkylation sites (tertiary alicyclic amines) is 1. The molecule has 1 N–H and O–H groups in total. The largest absolute Gasteiger partial charge is 0.356 e. The first-order valence-electron chi connectivity index (χ1n) is 10.0. The Labute approximate surface area is 167 Å². The lowest BCUT2D eigenvalue weighted by molar-refractivity contribution is -0.119. The molecule has 1 fully saturated rings. The Kier molecular flexibility index (Phi) is 6.45. The molecule has 5 heteroatoms. The molecule has 2 heterocycles. The van der Waals surface area contributed by atoms with Gasteiger partial charge in [0.05, 0.1) is 5.69 Å². The van der Waals surface area contributed by atoms with Gasteiger partial charge in [-0.05, 0) is 69.4 Å². The van der Waals surface area contributed by atoms with Gasteiger partial charge in [-0.3, -0.25) is 14.6 Å². The molecular weight excluding hydrogens is 350 g/mol. The number of rotatable bonds is 5. The first-order valence-corrected chi connectivity index (χ1v) is 10.0. The van der Waals surface area contributed by atoms with Crippen molar-refractivity contribution >= 4 is 11.8 Å². The van der Waals surface area contributed by atoms with Crippen LogP contribution in [0.15, 0.2) is 36.4 Å². The van der Waals surface area contributed by atoms with Crippen LogP contribution in [0.2, 0.25) is 0 Å². The van der Waals surface area contributed by atoms with Crippen molar-refractivity contribution in [1.29, 1.82) is 0 Å². The number of benzene rings is 1. The third kappa shape index (κ3) is 4.97. The number of hydrogen-bond acceptors (Lipinski definition) is 3. The zero-order chi connectivity index (χ0) is 20.1. The molecule has 0 aliphatic carbocycles. The minimum atomic E-state index is -0.0238. The maximum atomic E-state index is 13.1. The topological polar surface area (TPSA) is 62.3 Å². The molecule has 28 heavy (non-hydrogen) atoms. The second-order valence-corrected chi connectivity index (χ2v) is 7.67. The highest BCUT2D eigenvalue weighted by Gasteiger charge is 2.27. The van der Waals surface area contributed by atoms with Crippen molar-refractivity contribution in [2.24, 2.45) is 0 Å². The standard InChI is InChI=1S/C23H29N3O2/c1-16-14-17(2)25-22(15-16)19-7-9-20(10-8-19)23(28)26-13-5-4-6-21(26)11-12-24-18(3)27/h7-10,14-15,21H,4-6,11-13H2,1-3H3,(H,24,27). The lowest BCUT2D eigenvalue weighted by Crippen LogP contribution is -2.45. The number of carbonyl (C=O) groups excluding carboxylic acids is 2. The van der Waals surface area contributed by atoms with Crippen LogP contribution in [-0.4, -0.2) is 40.8 Å². The summed E-state index contributed by atoms with van der Waals surface area (Å²) >= 11 is 0. The SMILES string of the molecule is CC(=O)NCCC1CCCCN1C(=O)c1ccc(-c2cc(C)cc(C)n2)cc1. The predicted octanol–water partition coefficient (Wildman–Crippen LogP) is 3.89. The molecule has 5 nitrogen and oxygen atoms in total. The van der Waals surface area contributed by atoms with E-state index in [9.17, 15) is 9.59 Å². The lowest BCUT2D eigenvalue weighted by atomic mass is 9.97. The molecule has 148 valence electrons. The average molecular weight is 380 g/mol. The summed E-state index contributed by atoms with van der Waals surface area (Å²) < 4.78 is 0. The number of aromatic nitrogens is 1. The van der Waals surface area contributed by atoms with Crippen molar-refractivity contribution in [3.63, 3.8) is 0 Å². The van der Waals surface area contributed by atoms with Crippen molar-refractivity contribution in [2.45, 2.75) is 52.5 Å². The van der Waals surface area contributed by atoms with Crippen LogP contribution in [0, 0.1) is 13.8 Å². The molecule has 0 radical (unpaired) electrons. The molecule has 1 aliphatic heterocycles. The summed E-state index contributed by atoms with van der Waals surface area (Å²) in [6.07, 6.45) is 3.96. The summed E-state index contributed by atoms with van der Waals surface area (Å²) in [6, 6.07) is 12.1. The maximum Gasteiger partial charge on any atom is 0.254 e. The lowest BCUT2D eigenvalue weighted by Gasteiger charge is -2.36. The summed E-state index contributed by atoms with van der Waals surface area (Å²) in [6.45, 7) is 6.97. The Morgan fingerprint density at radius 1 is 1.14 bits per heavy atom. The van der Waals surface area contributed by atoms with E-state index in [1.165, 1.54) is 12.5 Å². The van der Waals surface area contributed by atoms with Gasteiger partial charge in [0.2, 0.25) is 5.91 Å². The predicted molar refractivity (Wildman–Crippen MR) is 111 cm³/mol. The second-order valence-electron chi connectivity index (χ2n) is 7.67. The Balaban J connectivity index is 1.72. The average Bonchev–Trinajstić information content (AvgIpc) is 2.67. The van der Waals surface area contributed by atoms with Gasteiger partial charge in [0.1, 0.15) is 0 Å². The molecule has 1 aromatic heterocycles. The van der Waals surface area contributed by atoms with E-state index in [1.54, 1.807) is 0 Å². The van der Waals surface area contributed by atoms with Gasteiger partial charge in [0.15, 0.2) is 0 Å². The van der Waals surface area contributed by atoms with E-state index in [4.69, 9.17) is 0 Å². The molecule has 1 aromatic carbocycles. The van der Waals surface area contributed by atoms with E-state index in [0.29, 0.717) is 12.1 Å². The number of hydrogen-bond donors (Lipinski definition) is 1. The molecule has 1 aliphatic rings. The molecule has 0 spiro atoms. The quantitative estimate of drug-likeness (QED) is 0.857. The summed E-state index contributed by atoms with van der Waals surface area (Å²) in [5.74, 6) is 0.0525. The molecule has 3 rings (SSSR count). The van der Waals surface area contributed by atoms with Crippen LogP contribution in [-0.2, 0) is 4.79 Å². The fraction of sp³-hybridized carbons (Fsp3) is 0.435. The zero-order valence-electron chi connectivity index (χ0n) is 17.0. The molecular formula is C23H29N3O2. The number of nitrogens with zero attached hydrogens (tertiary/aromatic N) is 2. The highest BCUT2D eigenvalue weighted by atomic mass is 16.2. The minimum Gasteiger partial charge on any atom is -0.356 e. The van der Waals surface area contributed by atoms with E-state index in [0.717, 1.165) is 49.2 Å². The van der Waals surface area contributed by atoms with Crippen molar-refractivity contribution in [1.82, 2.24) is 15.2 Å².